The number of nitrogens with one attached hydrogen (secondary N) is 2. The van der Waals surface area contributed by atoms with E-state index >= 15 is 0 Å². The number of aromatic nitrogens is 1. The Morgan fingerprint density at radius 3 is 2.89 bits per heavy atom. The molecule has 2 rings (SSSR count). The van der Waals surface area contributed by atoms with E-state index in [2.05, 4.69) is 23.2 Å². The second-order valence-corrected chi connectivity index (χ2v) is 5.73. The predicted octanol–water partition coefficient (Wildman–Crippen LogP) is 3.01. The molecule has 96 valence electrons. The Kier molecular flexibility index (Phi) is 3.43. The topological polar surface area (TPSA) is 62.0 Å². The number of hydrogen-bond donors (Lipinski definition) is 2. The molecule has 0 fully saturated rings. The fraction of sp³-hybridized carbons (Fsp3) is 0.231. The average molecular weight is 264 g/mol. The first kappa shape index (κ1) is 12.7. The summed E-state index contributed by atoms with van der Waals surface area (Å²) in [6.45, 7) is 5.40. The summed E-state index contributed by atoms with van der Waals surface area (Å²) >= 11 is 0. The summed E-state index contributed by atoms with van der Waals surface area (Å²) in [5.41, 5.74) is 2.56. The summed E-state index contributed by atoms with van der Waals surface area (Å²) in [6, 6.07) is 5.56. The molecule has 18 heavy (non-hydrogen) atoms. The fourth-order valence-corrected chi connectivity index (χ4v) is 2.53. The van der Waals surface area contributed by atoms with Crippen molar-refractivity contribution >= 4 is 26.6 Å². The molecular formula is C13H16N2O2S. The van der Waals surface area contributed by atoms with Crippen molar-refractivity contribution in [2.45, 2.75) is 19.8 Å². The highest BCUT2D eigenvalue weighted by molar-refractivity contribution is 7.95. The maximum Gasteiger partial charge on any atom is 0.254 e. The SMILES string of the molecule is C=CS(=O)(=O)Nc1cccc2c(CCC)c[nH]c12. The third-order valence-electron chi connectivity index (χ3n) is 2.79. The minimum Gasteiger partial charge on any atom is -0.359 e. The first-order chi connectivity index (χ1) is 8.57. The molecule has 5 heteroatoms. The molecule has 0 atom stereocenters. The molecule has 0 spiro atoms. The minimum absolute atomic E-state index is 0.551. The molecule has 0 saturated carbocycles. The summed E-state index contributed by atoms with van der Waals surface area (Å²) in [5.74, 6) is 0. The largest absolute Gasteiger partial charge is 0.359 e. The van der Waals surface area contributed by atoms with Crippen molar-refractivity contribution in [3.8, 4) is 0 Å². The van der Waals surface area contributed by atoms with Crippen LogP contribution in [0.5, 0.6) is 0 Å². The van der Waals surface area contributed by atoms with Gasteiger partial charge in [-0.2, -0.15) is 0 Å². The molecule has 2 aromatic rings. The van der Waals surface area contributed by atoms with E-state index in [-0.39, 0.29) is 0 Å². The van der Waals surface area contributed by atoms with Crippen LogP contribution in [-0.4, -0.2) is 13.4 Å². The number of fused-ring (bicyclic) bond motifs is 1. The van der Waals surface area contributed by atoms with Crippen molar-refractivity contribution in [3.05, 3.63) is 41.9 Å². The van der Waals surface area contributed by atoms with E-state index in [0.717, 1.165) is 29.2 Å². The number of benzene rings is 1. The van der Waals surface area contributed by atoms with Gasteiger partial charge in [-0.3, -0.25) is 4.72 Å². The molecule has 4 nitrogen and oxygen atoms in total. The molecular weight excluding hydrogens is 248 g/mol. The van der Waals surface area contributed by atoms with Crippen LogP contribution in [0.15, 0.2) is 36.4 Å². The van der Waals surface area contributed by atoms with Crippen LogP contribution in [0.25, 0.3) is 10.9 Å². The zero-order valence-electron chi connectivity index (χ0n) is 10.2. The molecule has 0 aliphatic carbocycles. The smallest absolute Gasteiger partial charge is 0.254 e. The zero-order chi connectivity index (χ0) is 13.2. The highest BCUT2D eigenvalue weighted by Crippen LogP contribution is 2.26. The monoisotopic (exact) mass is 264 g/mol. The summed E-state index contributed by atoms with van der Waals surface area (Å²) in [6.07, 6.45) is 3.95. The highest BCUT2D eigenvalue weighted by Gasteiger charge is 2.10. The van der Waals surface area contributed by atoms with Gasteiger partial charge >= 0.3 is 0 Å². The van der Waals surface area contributed by atoms with Crippen LogP contribution in [0.2, 0.25) is 0 Å². The number of anilines is 1. The van der Waals surface area contributed by atoms with Crippen LogP contribution in [-0.2, 0) is 16.4 Å². The number of H-pyrrole nitrogens is 1. The third-order valence-corrected chi connectivity index (χ3v) is 3.74. The highest BCUT2D eigenvalue weighted by atomic mass is 32.2. The van der Waals surface area contributed by atoms with Gasteiger partial charge in [0.15, 0.2) is 0 Å². The summed E-state index contributed by atoms with van der Waals surface area (Å²) in [7, 11) is -3.47. The molecule has 2 N–H and O–H groups in total. The lowest BCUT2D eigenvalue weighted by Crippen LogP contribution is -2.08. The molecule has 0 aliphatic heterocycles. The lowest BCUT2D eigenvalue weighted by atomic mass is 10.1. The van der Waals surface area contributed by atoms with Crippen molar-refractivity contribution < 1.29 is 8.42 Å². The van der Waals surface area contributed by atoms with Crippen LogP contribution >= 0.6 is 0 Å². The van der Waals surface area contributed by atoms with Gasteiger partial charge in [-0.05, 0) is 18.1 Å². The van der Waals surface area contributed by atoms with E-state index in [0.29, 0.717) is 5.69 Å². The summed E-state index contributed by atoms with van der Waals surface area (Å²) in [4.78, 5) is 3.13. The van der Waals surface area contributed by atoms with Crippen LogP contribution in [0.1, 0.15) is 18.9 Å². The Hall–Kier alpha value is -1.75. The molecule has 1 aromatic carbocycles. The first-order valence-electron chi connectivity index (χ1n) is 5.81. The molecule has 0 bridgehead atoms. The number of hydrogen-bond acceptors (Lipinski definition) is 2. The van der Waals surface area contributed by atoms with E-state index in [1.165, 1.54) is 5.56 Å². The van der Waals surface area contributed by atoms with E-state index in [9.17, 15) is 8.42 Å². The van der Waals surface area contributed by atoms with Gasteiger partial charge in [-0.25, -0.2) is 8.42 Å². The molecule has 0 aliphatic rings. The second-order valence-electron chi connectivity index (χ2n) is 4.11. The Bertz CT molecular complexity index is 671. The zero-order valence-corrected chi connectivity index (χ0v) is 11.0. The van der Waals surface area contributed by atoms with Crippen molar-refractivity contribution in [2.75, 3.05) is 4.72 Å². The van der Waals surface area contributed by atoms with Gasteiger partial charge in [0.25, 0.3) is 10.0 Å². The normalized spacial score (nSPS) is 11.6. The molecule has 1 heterocycles. The van der Waals surface area contributed by atoms with Crippen LogP contribution in [0.3, 0.4) is 0 Å². The number of rotatable bonds is 5. The quantitative estimate of drug-likeness (QED) is 0.872. The van der Waals surface area contributed by atoms with Gasteiger partial charge in [0, 0.05) is 17.0 Å². The van der Waals surface area contributed by atoms with Crippen LogP contribution in [0.4, 0.5) is 5.69 Å². The minimum atomic E-state index is -3.47. The maximum atomic E-state index is 11.5. The summed E-state index contributed by atoms with van der Waals surface area (Å²) in [5, 5.41) is 1.96. The predicted molar refractivity (Wildman–Crippen MR) is 75.0 cm³/mol. The van der Waals surface area contributed by atoms with Crippen LogP contribution < -0.4 is 4.72 Å². The standard InChI is InChI=1S/C13H16N2O2S/c1-3-6-10-9-14-13-11(10)7-5-8-12(13)15-18(16,17)4-2/h4-5,7-9,14-15H,2-3,6H2,1H3. The molecule has 1 aromatic heterocycles. The Morgan fingerprint density at radius 2 is 2.22 bits per heavy atom. The Morgan fingerprint density at radius 1 is 1.44 bits per heavy atom. The molecule has 0 amide bonds. The number of para-hydroxylation sites is 1. The van der Waals surface area contributed by atoms with Gasteiger partial charge < -0.3 is 4.98 Å². The van der Waals surface area contributed by atoms with Gasteiger partial charge in [0.2, 0.25) is 0 Å². The molecule has 0 unspecified atom stereocenters. The van der Waals surface area contributed by atoms with Crippen LogP contribution in [0, 0.1) is 0 Å². The van der Waals surface area contributed by atoms with Crippen molar-refractivity contribution in [3.63, 3.8) is 0 Å². The fourth-order valence-electron chi connectivity index (χ4n) is 1.97. The summed E-state index contributed by atoms with van der Waals surface area (Å²) < 4.78 is 25.5. The molecule has 0 saturated heterocycles. The first-order valence-corrected chi connectivity index (χ1v) is 7.36. The van der Waals surface area contributed by atoms with E-state index in [4.69, 9.17) is 0 Å². The number of aromatic amines is 1. The van der Waals surface area contributed by atoms with Gasteiger partial charge in [0.1, 0.15) is 0 Å². The van der Waals surface area contributed by atoms with Gasteiger partial charge in [-0.1, -0.05) is 32.1 Å². The van der Waals surface area contributed by atoms with E-state index < -0.39 is 10.0 Å². The lowest BCUT2D eigenvalue weighted by Gasteiger charge is -2.05. The van der Waals surface area contributed by atoms with Gasteiger partial charge in [-0.15, -0.1) is 0 Å². The van der Waals surface area contributed by atoms with E-state index in [1.54, 1.807) is 6.07 Å². The lowest BCUT2D eigenvalue weighted by molar-refractivity contribution is 0.609. The van der Waals surface area contributed by atoms with Crippen molar-refractivity contribution in [2.24, 2.45) is 0 Å². The number of aryl methyl sites for hydroxylation is 1. The molecule has 0 radical (unpaired) electrons. The van der Waals surface area contributed by atoms with Crippen molar-refractivity contribution in [1.82, 2.24) is 4.98 Å². The maximum absolute atomic E-state index is 11.5. The Labute approximate surface area is 107 Å². The van der Waals surface area contributed by atoms with Crippen molar-refractivity contribution in [1.29, 1.82) is 0 Å². The Balaban J connectivity index is 2.50. The van der Waals surface area contributed by atoms with Gasteiger partial charge in [0.05, 0.1) is 11.2 Å². The third kappa shape index (κ3) is 2.41. The van der Waals surface area contributed by atoms with E-state index in [1.807, 2.05) is 18.3 Å². The second kappa shape index (κ2) is 4.86. The number of sulfonamides is 1. The average Bonchev–Trinajstić information content (AvgIpc) is 2.74.